The van der Waals surface area contributed by atoms with Gasteiger partial charge in [-0.25, -0.2) is 9.97 Å². The zero-order chi connectivity index (χ0) is 13.0. The van der Waals surface area contributed by atoms with Crippen LogP contribution < -0.4 is 10.6 Å². The molecule has 0 spiro atoms. The maximum atomic E-state index is 9.49. The van der Waals surface area contributed by atoms with Crippen LogP contribution in [-0.2, 0) is 0 Å². The van der Waals surface area contributed by atoms with Crippen LogP contribution in [0.25, 0.3) is 0 Å². The summed E-state index contributed by atoms with van der Waals surface area (Å²) in [6.45, 7) is 0.866. The predicted octanol–water partition coefficient (Wildman–Crippen LogP) is 1.81. The lowest BCUT2D eigenvalue weighted by Crippen LogP contribution is -2.14. The molecule has 0 amide bonds. The van der Waals surface area contributed by atoms with Crippen molar-refractivity contribution < 1.29 is 5.11 Å². The Morgan fingerprint density at radius 1 is 1.39 bits per heavy atom. The van der Waals surface area contributed by atoms with Gasteiger partial charge in [-0.2, -0.15) is 0 Å². The number of hydrogen-bond donors (Lipinski definition) is 3. The summed E-state index contributed by atoms with van der Waals surface area (Å²) in [5, 5.41) is 16.6. The molecular formula is C12H20N4OS. The van der Waals surface area contributed by atoms with Crippen molar-refractivity contribution in [3.8, 4) is 0 Å². The van der Waals surface area contributed by atoms with Gasteiger partial charge in [0.2, 0.25) is 0 Å². The van der Waals surface area contributed by atoms with E-state index in [9.17, 15) is 5.11 Å². The molecule has 0 aliphatic heterocycles. The van der Waals surface area contributed by atoms with Crippen LogP contribution >= 0.6 is 11.8 Å². The van der Waals surface area contributed by atoms with E-state index in [1.165, 1.54) is 11.8 Å². The summed E-state index contributed by atoms with van der Waals surface area (Å²) >= 11 is 1.53. The minimum absolute atomic E-state index is 0.114. The second-order valence-electron chi connectivity index (χ2n) is 4.59. The third kappa shape index (κ3) is 3.49. The van der Waals surface area contributed by atoms with E-state index in [1.807, 2.05) is 19.4 Å². The Morgan fingerprint density at radius 2 is 2.17 bits per heavy atom. The van der Waals surface area contributed by atoms with E-state index in [1.54, 1.807) is 0 Å². The molecule has 2 atom stereocenters. The lowest BCUT2D eigenvalue weighted by molar-refractivity contribution is 0.178. The first-order chi connectivity index (χ1) is 8.71. The molecule has 1 saturated carbocycles. The van der Waals surface area contributed by atoms with Gasteiger partial charge in [-0.15, -0.1) is 0 Å². The molecule has 2 unspecified atom stereocenters. The van der Waals surface area contributed by atoms with Crippen molar-refractivity contribution >= 4 is 23.4 Å². The van der Waals surface area contributed by atoms with Crippen molar-refractivity contribution in [3.63, 3.8) is 0 Å². The van der Waals surface area contributed by atoms with Crippen LogP contribution in [0.3, 0.4) is 0 Å². The smallest absolute Gasteiger partial charge is 0.191 e. The molecule has 0 aromatic carbocycles. The quantitative estimate of drug-likeness (QED) is 0.559. The summed E-state index contributed by atoms with van der Waals surface area (Å²) in [4.78, 5) is 8.74. The fourth-order valence-corrected chi connectivity index (χ4v) is 2.60. The van der Waals surface area contributed by atoms with Gasteiger partial charge in [0.25, 0.3) is 0 Å². The van der Waals surface area contributed by atoms with E-state index >= 15 is 0 Å². The van der Waals surface area contributed by atoms with Crippen molar-refractivity contribution in [1.82, 2.24) is 9.97 Å². The first-order valence-corrected chi connectivity index (χ1v) is 7.46. The zero-order valence-corrected chi connectivity index (χ0v) is 11.6. The van der Waals surface area contributed by atoms with E-state index < -0.39 is 0 Å². The van der Waals surface area contributed by atoms with E-state index in [0.717, 1.165) is 42.6 Å². The Morgan fingerprint density at radius 3 is 2.78 bits per heavy atom. The van der Waals surface area contributed by atoms with Crippen molar-refractivity contribution in [2.75, 3.05) is 30.5 Å². The molecule has 1 aliphatic rings. The van der Waals surface area contributed by atoms with Crippen LogP contribution in [0, 0.1) is 5.92 Å². The standard InChI is InChI=1S/C12H20N4OS/c1-13-10-6-11(16-12(15-10)18-2)14-7-8-3-4-9(17)5-8/h6,8-9,17H,3-5,7H2,1-2H3,(H2,13,14,15,16). The molecule has 2 rings (SSSR count). The number of anilines is 2. The predicted molar refractivity (Wildman–Crippen MR) is 75.2 cm³/mol. The molecule has 0 radical (unpaired) electrons. The highest BCUT2D eigenvalue weighted by Gasteiger charge is 2.22. The zero-order valence-electron chi connectivity index (χ0n) is 10.8. The van der Waals surface area contributed by atoms with Gasteiger partial charge in [0.05, 0.1) is 6.10 Å². The average molecular weight is 268 g/mol. The van der Waals surface area contributed by atoms with Crippen LogP contribution in [0.4, 0.5) is 11.6 Å². The Balaban J connectivity index is 1.95. The third-order valence-electron chi connectivity index (χ3n) is 3.23. The number of aliphatic hydroxyl groups excluding tert-OH is 1. The van der Waals surface area contributed by atoms with E-state index in [2.05, 4.69) is 20.6 Å². The second-order valence-corrected chi connectivity index (χ2v) is 5.36. The highest BCUT2D eigenvalue weighted by atomic mass is 32.2. The molecule has 0 saturated heterocycles. The Hall–Kier alpha value is -1.01. The van der Waals surface area contributed by atoms with Gasteiger partial charge in [-0.05, 0) is 31.4 Å². The summed E-state index contributed by atoms with van der Waals surface area (Å²) in [7, 11) is 1.85. The molecule has 1 aliphatic carbocycles. The van der Waals surface area contributed by atoms with E-state index in [4.69, 9.17) is 0 Å². The summed E-state index contributed by atoms with van der Waals surface area (Å²) < 4.78 is 0. The fraction of sp³-hybridized carbons (Fsp3) is 0.667. The van der Waals surface area contributed by atoms with Crippen LogP contribution in [0.15, 0.2) is 11.2 Å². The second kappa shape index (κ2) is 6.24. The van der Waals surface area contributed by atoms with Crippen LogP contribution in [0.1, 0.15) is 19.3 Å². The minimum atomic E-state index is -0.114. The van der Waals surface area contributed by atoms with E-state index in [-0.39, 0.29) is 6.10 Å². The summed E-state index contributed by atoms with van der Waals surface area (Å²) in [5.74, 6) is 2.22. The van der Waals surface area contributed by atoms with Gasteiger partial charge in [0, 0.05) is 19.7 Å². The van der Waals surface area contributed by atoms with Gasteiger partial charge in [0.15, 0.2) is 5.16 Å². The van der Waals surface area contributed by atoms with Gasteiger partial charge in [0.1, 0.15) is 11.6 Å². The first-order valence-electron chi connectivity index (χ1n) is 6.24. The number of aliphatic hydroxyl groups is 1. The maximum Gasteiger partial charge on any atom is 0.191 e. The number of hydrogen-bond acceptors (Lipinski definition) is 6. The number of aromatic nitrogens is 2. The third-order valence-corrected chi connectivity index (χ3v) is 3.78. The first kappa shape index (κ1) is 13.4. The monoisotopic (exact) mass is 268 g/mol. The maximum absolute atomic E-state index is 9.49. The van der Waals surface area contributed by atoms with Crippen LogP contribution in [0.5, 0.6) is 0 Å². The SMILES string of the molecule is CNc1cc(NCC2CCC(O)C2)nc(SC)n1. The van der Waals surface area contributed by atoms with Crippen molar-refractivity contribution in [3.05, 3.63) is 6.07 Å². The average Bonchev–Trinajstić information content (AvgIpc) is 2.81. The van der Waals surface area contributed by atoms with Crippen molar-refractivity contribution in [2.45, 2.75) is 30.5 Å². The van der Waals surface area contributed by atoms with Crippen LogP contribution in [-0.4, -0.2) is 41.0 Å². The van der Waals surface area contributed by atoms with E-state index in [0.29, 0.717) is 5.92 Å². The molecule has 1 aromatic heterocycles. The summed E-state index contributed by atoms with van der Waals surface area (Å²) in [6, 6.07) is 1.91. The van der Waals surface area contributed by atoms with Crippen LogP contribution in [0.2, 0.25) is 0 Å². The molecule has 18 heavy (non-hydrogen) atoms. The normalized spacial score (nSPS) is 23.1. The molecule has 0 bridgehead atoms. The number of nitrogens with one attached hydrogen (secondary N) is 2. The number of rotatable bonds is 5. The number of thioether (sulfide) groups is 1. The Labute approximate surface area is 112 Å². The van der Waals surface area contributed by atoms with Gasteiger partial charge in [-0.3, -0.25) is 0 Å². The Bertz CT molecular complexity index is 379. The fourth-order valence-electron chi connectivity index (χ4n) is 2.22. The Kier molecular flexibility index (Phi) is 4.66. The van der Waals surface area contributed by atoms with Gasteiger partial charge < -0.3 is 15.7 Å². The topological polar surface area (TPSA) is 70.1 Å². The molecule has 1 heterocycles. The molecule has 1 aromatic rings. The molecule has 100 valence electrons. The van der Waals surface area contributed by atoms with Crippen molar-refractivity contribution in [1.29, 1.82) is 0 Å². The highest BCUT2D eigenvalue weighted by molar-refractivity contribution is 7.98. The highest BCUT2D eigenvalue weighted by Crippen LogP contribution is 2.26. The summed E-state index contributed by atoms with van der Waals surface area (Å²) in [6.07, 6.45) is 4.76. The lowest BCUT2D eigenvalue weighted by atomic mass is 10.1. The number of nitrogens with zero attached hydrogens (tertiary/aromatic N) is 2. The summed E-state index contributed by atoms with van der Waals surface area (Å²) in [5.41, 5.74) is 0. The molecular weight excluding hydrogens is 248 g/mol. The molecule has 1 fully saturated rings. The lowest BCUT2D eigenvalue weighted by Gasteiger charge is -2.12. The van der Waals surface area contributed by atoms with Gasteiger partial charge in [-0.1, -0.05) is 11.8 Å². The van der Waals surface area contributed by atoms with Gasteiger partial charge >= 0.3 is 0 Å². The largest absolute Gasteiger partial charge is 0.393 e. The van der Waals surface area contributed by atoms with Crippen molar-refractivity contribution in [2.24, 2.45) is 5.92 Å². The minimum Gasteiger partial charge on any atom is -0.393 e. The molecule has 5 nitrogen and oxygen atoms in total. The molecule has 6 heteroatoms. The molecule has 3 N–H and O–H groups in total.